The fourth-order valence-electron chi connectivity index (χ4n) is 3.20. The summed E-state index contributed by atoms with van der Waals surface area (Å²) in [4.78, 5) is 26.9. The zero-order valence-electron chi connectivity index (χ0n) is 14.6. The van der Waals surface area contributed by atoms with Crippen molar-refractivity contribution < 1.29 is 14.8 Å². The Balaban J connectivity index is 2.05. The monoisotopic (exact) mass is 370 g/mol. The van der Waals surface area contributed by atoms with Gasteiger partial charge in [-0.05, 0) is 23.3 Å². The lowest BCUT2D eigenvalue weighted by atomic mass is 9.96. The molecule has 0 aliphatic heterocycles. The Morgan fingerprint density at radius 1 is 0.893 bits per heavy atom. The van der Waals surface area contributed by atoms with Gasteiger partial charge in [-0.3, -0.25) is 10.1 Å². The van der Waals surface area contributed by atoms with Crippen molar-refractivity contribution in [1.29, 1.82) is 0 Å². The molecule has 0 radical (unpaired) electrons. The fourth-order valence-corrected chi connectivity index (χ4v) is 3.20. The molecule has 6 heteroatoms. The maximum atomic E-state index is 11.7. The third-order valence-corrected chi connectivity index (χ3v) is 4.51. The molecule has 1 aromatic heterocycles. The summed E-state index contributed by atoms with van der Waals surface area (Å²) in [5.41, 5.74) is 3.13. The molecular formula is C22H14N2O4. The molecule has 0 saturated carbocycles. The van der Waals surface area contributed by atoms with Crippen molar-refractivity contribution in [2.45, 2.75) is 0 Å². The van der Waals surface area contributed by atoms with Crippen LogP contribution in [0.2, 0.25) is 0 Å². The van der Waals surface area contributed by atoms with Crippen molar-refractivity contribution in [2.75, 3.05) is 0 Å². The highest BCUT2D eigenvalue weighted by Gasteiger charge is 2.16. The van der Waals surface area contributed by atoms with Gasteiger partial charge in [0.05, 0.1) is 21.7 Å². The lowest BCUT2D eigenvalue weighted by Crippen LogP contribution is -2.00. The van der Waals surface area contributed by atoms with Crippen LogP contribution in [0.4, 0.5) is 5.69 Å². The molecule has 0 amide bonds. The Bertz CT molecular complexity index is 1220. The van der Waals surface area contributed by atoms with E-state index < -0.39 is 10.9 Å². The minimum Gasteiger partial charge on any atom is -0.478 e. The highest BCUT2D eigenvalue weighted by molar-refractivity contribution is 6.07. The Hall–Kier alpha value is -4.06. The Morgan fingerprint density at radius 2 is 1.61 bits per heavy atom. The third kappa shape index (κ3) is 3.07. The number of aromatic carboxylic acids is 1. The molecule has 0 spiro atoms. The molecule has 1 N–H and O–H groups in total. The number of carboxylic acid groups (broad SMARTS) is 1. The summed E-state index contributed by atoms with van der Waals surface area (Å²) >= 11 is 0. The van der Waals surface area contributed by atoms with Crippen molar-refractivity contribution in [2.24, 2.45) is 0 Å². The quantitative estimate of drug-likeness (QED) is 0.395. The van der Waals surface area contributed by atoms with Crippen LogP contribution in [0.3, 0.4) is 0 Å². The molecule has 0 saturated heterocycles. The molecule has 0 bridgehead atoms. The molecule has 28 heavy (non-hydrogen) atoms. The number of carboxylic acids is 1. The number of hydrogen-bond acceptors (Lipinski definition) is 4. The standard InChI is InChI=1S/C22H14N2O4/c25-22(26)18-11-5-10-17-19(14-6-2-1-3-7-14)13-20(23-21(17)18)15-8-4-9-16(12-15)24(27)28/h1-13H,(H,25,26). The second kappa shape index (κ2) is 6.92. The van der Waals surface area contributed by atoms with Gasteiger partial charge in [0.2, 0.25) is 0 Å². The SMILES string of the molecule is O=C(O)c1cccc2c(-c3ccccc3)cc(-c3cccc([N+](=O)[O-])c3)nc12. The molecule has 4 rings (SSSR count). The number of hydrogen-bond donors (Lipinski definition) is 1. The molecule has 1 heterocycles. The number of benzene rings is 3. The predicted molar refractivity (Wildman–Crippen MR) is 106 cm³/mol. The maximum Gasteiger partial charge on any atom is 0.337 e. The Morgan fingerprint density at radius 3 is 2.32 bits per heavy atom. The summed E-state index contributed by atoms with van der Waals surface area (Å²) in [6.45, 7) is 0. The van der Waals surface area contributed by atoms with Gasteiger partial charge in [0.1, 0.15) is 0 Å². The van der Waals surface area contributed by atoms with Crippen LogP contribution in [0.25, 0.3) is 33.3 Å². The van der Waals surface area contributed by atoms with Crippen LogP contribution in [0.15, 0.2) is 78.9 Å². The number of nitro benzene ring substituents is 1. The number of aromatic nitrogens is 1. The van der Waals surface area contributed by atoms with Gasteiger partial charge in [-0.2, -0.15) is 0 Å². The molecular weight excluding hydrogens is 356 g/mol. The normalized spacial score (nSPS) is 10.7. The van der Waals surface area contributed by atoms with Crippen LogP contribution < -0.4 is 0 Å². The third-order valence-electron chi connectivity index (χ3n) is 4.51. The molecule has 0 fully saturated rings. The van der Waals surface area contributed by atoms with Gasteiger partial charge in [-0.25, -0.2) is 9.78 Å². The van der Waals surface area contributed by atoms with E-state index in [4.69, 9.17) is 0 Å². The predicted octanol–water partition coefficient (Wildman–Crippen LogP) is 5.18. The van der Waals surface area contributed by atoms with E-state index in [1.165, 1.54) is 18.2 Å². The van der Waals surface area contributed by atoms with Crippen LogP contribution in [-0.2, 0) is 0 Å². The minimum atomic E-state index is -1.08. The van der Waals surface area contributed by atoms with Gasteiger partial charge in [0, 0.05) is 23.1 Å². The molecule has 3 aromatic carbocycles. The van der Waals surface area contributed by atoms with E-state index in [1.54, 1.807) is 18.2 Å². The van der Waals surface area contributed by atoms with Crippen molar-refractivity contribution in [1.82, 2.24) is 4.98 Å². The summed E-state index contributed by atoms with van der Waals surface area (Å²) in [7, 11) is 0. The lowest BCUT2D eigenvalue weighted by molar-refractivity contribution is -0.384. The van der Waals surface area contributed by atoms with E-state index >= 15 is 0 Å². The van der Waals surface area contributed by atoms with E-state index in [2.05, 4.69) is 4.98 Å². The number of nitrogens with zero attached hydrogens (tertiary/aromatic N) is 2. The Labute approximate surface area is 159 Å². The first-order valence-corrected chi connectivity index (χ1v) is 8.52. The van der Waals surface area contributed by atoms with E-state index in [9.17, 15) is 20.0 Å². The number of carbonyl (C=O) groups is 1. The topological polar surface area (TPSA) is 93.3 Å². The van der Waals surface area contributed by atoms with Gasteiger partial charge < -0.3 is 5.11 Å². The van der Waals surface area contributed by atoms with Crippen molar-refractivity contribution >= 4 is 22.6 Å². The second-order valence-corrected chi connectivity index (χ2v) is 6.24. The first-order chi connectivity index (χ1) is 13.5. The van der Waals surface area contributed by atoms with Crippen molar-refractivity contribution in [3.05, 3.63) is 94.5 Å². The summed E-state index contributed by atoms with van der Waals surface area (Å²) in [6, 6.07) is 22.6. The number of nitro groups is 1. The largest absolute Gasteiger partial charge is 0.478 e. The van der Waals surface area contributed by atoms with Crippen LogP contribution in [0.5, 0.6) is 0 Å². The van der Waals surface area contributed by atoms with E-state index in [-0.39, 0.29) is 11.3 Å². The number of para-hydroxylation sites is 1. The Kier molecular flexibility index (Phi) is 4.29. The number of pyridine rings is 1. The highest BCUT2D eigenvalue weighted by atomic mass is 16.6. The summed E-state index contributed by atoms with van der Waals surface area (Å²) in [5.74, 6) is -1.08. The lowest BCUT2D eigenvalue weighted by Gasteiger charge is -2.12. The number of rotatable bonds is 4. The van der Waals surface area contributed by atoms with Crippen LogP contribution in [0.1, 0.15) is 10.4 Å². The highest BCUT2D eigenvalue weighted by Crippen LogP contribution is 2.34. The molecule has 0 atom stereocenters. The summed E-state index contributed by atoms with van der Waals surface area (Å²) < 4.78 is 0. The van der Waals surface area contributed by atoms with Crippen molar-refractivity contribution in [3.8, 4) is 22.4 Å². The zero-order valence-corrected chi connectivity index (χ0v) is 14.6. The number of non-ortho nitro benzene ring substituents is 1. The fraction of sp³-hybridized carbons (Fsp3) is 0. The van der Waals surface area contributed by atoms with Gasteiger partial charge in [-0.15, -0.1) is 0 Å². The van der Waals surface area contributed by atoms with Crippen LogP contribution in [-0.4, -0.2) is 21.0 Å². The van der Waals surface area contributed by atoms with Crippen molar-refractivity contribution in [3.63, 3.8) is 0 Å². The average molecular weight is 370 g/mol. The first-order valence-electron chi connectivity index (χ1n) is 8.52. The van der Waals surface area contributed by atoms with Gasteiger partial charge in [0.15, 0.2) is 0 Å². The van der Waals surface area contributed by atoms with Gasteiger partial charge in [-0.1, -0.05) is 54.6 Å². The maximum absolute atomic E-state index is 11.7. The molecule has 0 aliphatic carbocycles. The summed E-state index contributed by atoms with van der Waals surface area (Å²) in [6.07, 6.45) is 0. The molecule has 6 nitrogen and oxygen atoms in total. The van der Waals surface area contributed by atoms with Gasteiger partial charge >= 0.3 is 5.97 Å². The molecule has 0 unspecified atom stereocenters. The van der Waals surface area contributed by atoms with Gasteiger partial charge in [0.25, 0.3) is 5.69 Å². The second-order valence-electron chi connectivity index (χ2n) is 6.24. The minimum absolute atomic E-state index is 0.0489. The average Bonchev–Trinajstić information content (AvgIpc) is 2.73. The summed E-state index contributed by atoms with van der Waals surface area (Å²) in [5, 5.41) is 21.4. The number of fused-ring (bicyclic) bond motifs is 1. The zero-order chi connectivity index (χ0) is 19.7. The van der Waals surface area contributed by atoms with E-state index in [1.807, 2.05) is 42.5 Å². The van der Waals surface area contributed by atoms with Crippen LogP contribution >= 0.6 is 0 Å². The van der Waals surface area contributed by atoms with Crippen LogP contribution in [0, 0.1) is 10.1 Å². The van der Waals surface area contributed by atoms with E-state index in [0.29, 0.717) is 22.2 Å². The molecule has 4 aromatic rings. The smallest absolute Gasteiger partial charge is 0.337 e. The van der Waals surface area contributed by atoms with E-state index in [0.717, 1.165) is 11.1 Å². The first kappa shape index (κ1) is 17.4. The molecule has 136 valence electrons. The molecule has 0 aliphatic rings.